The highest BCUT2D eigenvalue weighted by molar-refractivity contribution is 6.09. The van der Waals surface area contributed by atoms with Crippen LogP contribution in [0.15, 0.2) is 54.6 Å². The molecule has 2 aromatic rings. The fraction of sp³-hybridized carbons (Fsp3) is 0.333. The number of ketones is 1. The van der Waals surface area contributed by atoms with Crippen LogP contribution < -0.4 is 10.6 Å². The summed E-state index contributed by atoms with van der Waals surface area (Å²) in [5.41, 5.74) is 1.63. The lowest BCUT2D eigenvalue weighted by atomic mass is 9.76. The van der Waals surface area contributed by atoms with Gasteiger partial charge in [-0.15, -0.1) is 0 Å². The van der Waals surface area contributed by atoms with Gasteiger partial charge in [0.1, 0.15) is 12.1 Å². The lowest BCUT2D eigenvalue weighted by Gasteiger charge is -2.33. The molecule has 4 amide bonds. The number of fused-ring (bicyclic) bond motifs is 2. The Balaban J connectivity index is 1.48. The molecule has 1 fully saturated rings. The van der Waals surface area contributed by atoms with Gasteiger partial charge in [0.2, 0.25) is 5.91 Å². The second-order valence-corrected chi connectivity index (χ2v) is 8.16. The van der Waals surface area contributed by atoms with Gasteiger partial charge >= 0.3 is 6.03 Å². The number of hydrogen-bond donors (Lipinski definition) is 2. The van der Waals surface area contributed by atoms with Crippen LogP contribution in [0.3, 0.4) is 0 Å². The zero-order chi connectivity index (χ0) is 22.0. The molecule has 2 N–H and O–H groups in total. The molecule has 0 aromatic heterocycles. The second-order valence-electron chi connectivity index (χ2n) is 8.16. The van der Waals surface area contributed by atoms with Gasteiger partial charge in [-0.3, -0.25) is 19.3 Å². The van der Waals surface area contributed by atoms with Gasteiger partial charge in [0.05, 0.1) is 6.04 Å². The van der Waals surface area contributed by atoms with Gasteiger partial charge in [0.25, 0.3) is 5.91 Å². The maximum absolute atomic E-state index is 13.3. The van der Waals surface area contributed by atoms with E-state index in [-0.39, 0.29) is 5.78 Å². The number of hydrogen-bond acceptors (Lipinski definition) is 4. The van der Waals surface area contributed by atoms with Crippen LogP contribution in [-0.4, -0.2) is 41.1 Å². The second kappa shape index (κ2) is 8.34. The molecule has 7 nitrogen and oxygen atoms in total. The molecule has 0 saturated carbocycles. The van der Waals surface area contributed by atoms with Crippen molar-refractivity contribution in [2.45, 2.75) is 44.2 Å². The van der Waals surface area contributed by atoms with E-state index in [1.165, 1.54) is 6.92 Å². The van der Waals surface area contributed by atoms with Crippen LogP contribution in [0.1, 0.15) is 36.5 Å². The maximum Gasteiger partial charge on any atom is 0.325 e. The Bertz CT molecular complexity index is 1040. The molecule has 0 unspecified atom stereocenters. The van der Waals surface area contributed by atoms with Crippen LogP contribution >= 0.6 is 0 Å². The predicted molar refractivity (Wildman–Crippen MR) is 114 cm³/mol. The Kier molecular flexibility index (Phi) is 5.59. The fourth-order valence-electron chi connectivity index (χ4n) is 4.48. The first-order valence-electron chi connectivity index (χ1n) is 10.5. The highest BCUT2D eigenvalue weighted by Gasteiger charge is 2.54. The molecule has 1 saturated heterocycles. The van der Waals surface area contributed by atoms with E-state index in [0.717, 1.165) is 34.4 Å². The number of benzene rings is 2. The summed E-state index contributed by atoms with van der Waals surface area (Å²) in [6.45, 7) is 0.989. The summed E-state index contributed by atoms with van der Waals surface area (Å²) in [5.74, 6) is -1.14. The van der Waals surface area contributed by atoms with Crippen LogP contribution in [0.4, 0.5) is 4.79 Å². The van der Waals surface area contributed by atoms with Crippen molar-refractivity contribution in [1.29, 1.82) is 0 Å². The maximum atomic E-state index is 13.3. The average molecular weight is 419 g/mol. The lowest BCUT2D eigenvalue weighted by molar-refractivity contribution is -0.136. The van der Waals surface area contributed by atoms with Gasteiger partial charge in [0, 0.05) is 0 Å². The zero-order valence-electron chi connectivity index (χ0n) is 17.4. The van der Waals surface area contributed by atoms with Gasteiger partial charge in [-0.1, -0.05) is 54.6 Å². The molecular formula is C24H25N3O4. The minimum atomic E-state index is -1.11. The molecule has 0 bridgehead atoms. The van der Waals surface area contributed by atoms with Crippen LogP contribution in [0.2, 0.25) is 0 Å². The van der Waals surface area contributed by atoms with E-state index in [9.17, 15) is 19.2 Å². The zero-order valence-corrected chi connectivity index (χ0v) is 17.4. The molecule has 1 aliphatic heterocycles. The number of urea groups is 1. The molecule has 4 rings (SSSR count). The summed E-state index contributed by atoms with van der Waals surface area (Å²) >= 11 is 0. The van der Waals surface area contributed by atoms with Crippen LogP contribution in [-0.2, 0) is 32.8 Å². The molecule has 2 atom stereocenters. The molecule has 2 aliphatic rings. The van der Waals surface area contributed by atoms with E-state index >= 15 is 0 Å². The minimum Gasteiger partial charge on any atom is -0.344 e. The Labute approximate surface area is 180 Å². The van der Waals surface area contributed by atoms with Gasteiger partial charge in [-0.2, -0.15) is 0 Å². The topological polar surface area (TPSA) is 95.6 Å². The number of Topliss-reactive ketones (excluding diaryl/α,β-unsaturated/α-hetero) is 1. The van der Waals surface area contributed by atoms with Gasteiger partial charge < -0.3 is 10.6 Å². The Hall–Kier alpha value is -3.48. The van der Waals surface area contributed by atoms with Crippen molar-refractivity contribution in [1.82, 2.24) is 15.5 Å². The molecule has 31 heavy (non-hydrogen) atoms. The first-order valence-corrected chi connectivity index (χ1v) is 10.5. The normalized spacial score (nSPS) is 20.9. The SMILES string of the molecule is CC(=O)[C@H](Cc1ccccc1)NC(=O)CN1C(=O)N[C@@]2(CCCc3ccccc32)C1=O. The van der Waals surface area contributed by atoms with Crippen molar-refractivity contribution in [3.05, 3.63) is 71.3 Å². The number of aryl methyl sites for hydroxylation is 1. The third-order valence-electron chi connectivity index (χ3n) is 6.06. The van der Waals surface area contributed by atoms with E-state index in [4.69, 9.17) is 0 Å². The Morgan fingerprint density at radius 2 is 1.81 bits per heavy atom. The molecule has 7 heteroatoms. The molecular weight excluding hydrogens is 394 g/mol. The Morgan fingerprint density at radius 3 is 2.55 bits per heavy atom. The smallest absolute Gasteiger partial charge is 0.325 e. The highest BCUT2D eigenvalue weighted by atomic mass is 16.2. The summed E-state index contributed by atoms with van der Waals surface area (Å²) in [7, 11) is 0. The number of carbonyl (C=O) groups excluding carboxylic acids is 4. The predicted octanol–water partition coefficient (Wildman–Crippen LogP) is 2.09. The summed E-state index contributed by atoms with van der Waals surface area (Å²) in [5, 5.41) is 5.52. The Morgan fingerprint density at radius 1 is 1.10 bits per heavy atom. The number of amides is 4. The van der Waals surface area contributed by atoms with Crippen LogP contribution in [0, 0.1) is 0 Å². The third kappa shape index (κ3) is 3.95. The van der Waals surface area contributed by atoms with Crippen molar-refractivity contribution in [3.8, 4) is 0 Å². The van der Waals surface area contributed by atoms with Crippen molar-refractivity contribution >= 4 is 23.6 Å². The van der Waals surface area contributed by atoms with E-state index in [1.807, 2.05) is 54.6 Å². The number of carbonyl (C=O) groups is 4. The van der Waals surface area contributed by atoms with E-state index in [1.54, 1.807) is 0 Å². The summed E-state index contributed by atoms with van der Waals surface area (Å²) in [4.78, 5) is 51.6. The van der Waals surface area contributed by atoms with Gasteiger partial charge in [0.15, 0.2) is 5.78 Å². The van der Waals surface area contributed by atoms with Gasteiger partial charge in [-0.25, -0.2) is 4.79 Å². The molecule has 160 valence electrons. The number of nitrogens with zero attached hydrogens (tertiary/aromatic N) is 1. The molecule has 2 aromatic carbocycles. The average Bonchev–Trinajstić information content (AvgIpc) is 2.99. The fourth-order valence-corrected chi connectivity index (χ4v) is 4.48. The van der Waals surface area contributed by atoms with E-state index < -0.39 is 36.0 Å². The van der Waals surface area contributed by atoms with Crippen LogP contribution in [0.5, 0.6) is 0 Å². The quantitative estimate of drug-likeness (QED) is 0.701. The number of rotatable bonds is 6. The first-order chi connectivity index (χ1) is 14.9. The minimum absolute atomic E-state index is 0.188. The largest absolute Gasteiger partial charge is 0.344 e. The number of imide groups is 1. The molecule has 0 radical (unpaired) electrons. The standard InChI is InChI=1S/C24H25N3O4/c1-16(28)20(14-17-8-3-2-4-9-17)25-21(29)15-27-22(30)24(26-23(27)31)13-7-11-18-10-5-6-12-19(18)24/h2-6,8-10,12,20H,7,11,13-15H2,1H3,(H,25,29)(H,26,31)/t20-,24+/m0/s1. The summed E-state index contributed by atoms with van der Waals surface area (Å²) in [6.07, 6.45) is 2.46. The van der Waals surface area contributed by atoms with Crippen molar-refractivity contribution in [2.24, 2.45) is 0 Å². The molecule has 1 heterocycles. The monoisotopic (exact) mass is 419 g/mol. The number of nitrogens with one attached hydrogen (secondary N) is 2. The highest BCUT2D eigenvalue weighted by Crippen LogP contribution is 2.39. The van der Waals surface area contributed by atoms with Crippen molar-refractivity contribution in [2.75, 3.05) is 6.54 Å². The van der Waals surface area contributed by atoms with Crippen LogP contribution in [0.25, 0.3) is 0 Å². The first kappa shape index (κ1) is 20.8. The lowest BCUT2D eigenvalue weighted by Crippen LogP contribution is -2.49. The summed E-state index contributed by atoms with van der Waals surface area (Å²) in [6, 6.07) is 15.6. The molecule has 1 aliphatic carbocycles. The third-order valence-corrected chi connectivity index (χ3v) is 6.06. The van der Waals surface area contributed by atoms with Gasteiger partial charge in [-0.05, 0) is 49.3 Å². The van der Waals surface area contributed by atoms with Crippen molar-refractivity contribution in [3.63, 3.8) is 0 Å². The van der Waals surface area contributed by atoms with Crippen molar-refractivity contribution < 1.29 is 19.2 Å². The summed E-state index contributed by atoms with van der Waals surface area (Å²) < 4.78 is 0. The van der Waals surface area contributed by atoms with E-state index in [0.29, 0.717) is 12.8 Å². The molecule has 1 spiro atoms. The van der Waals surface area contributed by atoms with E-state index in [2.05, 4.69) is 10.6 Å².